The van der Waals surface area contributed by atoms with Crippen molar-refractivity contribution >= 4 is 33.2 Å². The molecule has 0 aliphatic heterocycles. The Morgan fingerprint density at radius 2 is 1.81 bits per heavy atom. The zero-order valence-electron chi connectivity index (χ0n) is 16.2. The van der Waals surface area contributed by atoms with Crippen molar-refractivity contribution in [2.45, 2.75) is 42.8 Å². The number of nitrogens with one attached hydrogen (secondary N) is 2. The molecule has 1 amide bonds. The number of amides is 1. The number of halogens is 4. The fraction of sp³-hybridized carbons (Fsp3) is 0.350. The van der Waals surface area contributed by atoms with Gasteiger partial charge in [-0.2, -0.15) is 13.2 Å². The molecule has 168 valence electrons. The molecule has 0 atom stereocenters. The maximum Gasteiger partial charge on any atom is 0.418 e. The number of anilines is 1. The minimum Gasteiger partial charge on any atom is -0.482 e. The maximum absolute atomic E-state index is 13.0. The molecule has 11 heteroatoms. The number of rotatable bonds is 7. The lowest BCUT2D eigenvalue weighted by Gasteiger charge is -2.15. The zero-order valence-corrected chi connectivity index (χ0v) is 17.8. The molecule has 31 heavy (non-hydrogen) atoms. The van der Waals surface area contributed by atoms with Crippen molar-refractivity contribution in [1.82, 2.24) is 4.72 Å². The minimum atomic E-state index is -4.62. The van der Waals surface area contributed by atoms with Crippen LogP contribution in [0, 0.1) is 0 Å². The van der Waals surface area contributed by atoms with E-state index in [9.17, 15) is 26.4 Å². The summed E-state index contributed by atoms with van der Waals surface area (Å²) in [5, 5.41) is 2.11. The molecule has 2 aromatic rings. The summed E-state index contributed by atoms with van der Waals surface area (Å²) < 4.78 is 71.9. The van der Waals surface area contributed by atoms with Gasteiger partial charge in [-0.25, -0.2) is 13.1 Å². The van der Waals surface area contributed by atoms with E-state index < -0.39 is 40.0 Å². The number of para-hydroxylation sites is 1. The number of hydrogen-bond donors (Lipinski definition) is 2. The van der Waals surface area contributed by atoms with Crippen LogP contribution in [0.2, 0.25) is 5.02 Å². The van der Waals surface area contributed by atoms with Crippen molar-refractivity contribution in [3.05, 3.63) is 53.1 Å². The Morgan fingerprint density at radius 3 is 2.45 bits per heavy atom. The van der Waals surface area contributed by atoms with Gasteiger partial charge in [0.1, 0.15) is 5.75 Å². The summed E-state index contributed by atoms with van der Waals surface area (Å²) >= 11 is 6.08. The highest BCUT2D eigenvalue weighted by Crippen LogP contribution is 2.34. The van der Waals surface area contributed by atoms with E-state index in [0.29, 0.717) is 0 Å². The third kappa shape index (κ3) is 6.11. The van der Waals surface area contributed by atoms with Crippen LogP contribution in [-0.4, -0.2) is 27.0 Å². The Morgan fingerprint density at radius 1 is 1.13 bits per heavy atom. The van der Waals surface area contributed by atoms with E-state index in [2.05, 4.69) is 10.0 Å². The Kier molecular flexibility index (Phi) is 7.13. The Hall–Kier alpha value is -2.30. The van der Waals surface area contributed by atoms with Gasteiger partial charge < -0.3 is 10.1 Å². The van der Waals surface area contributed by atoms with E-state index in [1.165, 1.54) is 30.3 Å². The van der Waals surface area contributed by atoms with Crippen LogP contribution in [-0.2, 0) is 21.0 Å². The Labute approximate surface area is 182 Å². The number of hydrogen-bond acceptors (Lipinski definition) is 4. The average molecular weight is 477 g/mol. The molecule has 0 bridgehead atoms. The van der Waals surface area contributed by atoms with E-state index in [1.807, 2.05) is 0 Å². The summed E-state index contributed by atoms with van der Waals surface area (Å²) in [5.74, 6) is -0.798. The van der Waals surface area contributed by atoms with Crippen molar-refractivity contribution in [3.63, 3.8) is 0 Å². The predicted molar refractivity (Wildman–Crippen MR) is 110 cm³/mol. The van der Waals surface area contributed by atoms with Crippen LogP contribution in [0.4, 0.5) is 18.9 Å². The summed E-state index contributed by atoms with van der Waals surface area (Å²) in [6.07, 6.45) is -1.13. The number of ether oxygens (including phenoxy) is 1. The SMILES string of the molecule is O=C(COc1ccc(S(=O)(=O)NC2CCCC2)cc1Cl)Nc1ccccc1C(F)(F)F. The van der Waals surface area contributed by atoms with Crippen LogP contribution >= 0.6 is 11.6 Å². The van der Waals surface area contributed by atoms with E-state index in [4.69, 9.17) is 16.3 Å². The molecule has 1 aliphatic rings. The first-order valence-electron chi connectivity index (χ1n) is 9.47. The van der Waals surface area contributed by atoms with Gasteiger partial charge >= 0.3 is 6.18 Å². The zero-order chi connectivity index (χ0) is 22.6. The standard InChI is InChI=1S/C20H20ClF3N2O4S/c21-16-11-14(31(28,29)26-13-5-1-2-6-13)9-10-18(16)30-12-19(27)25-17-8-4-3-7-15(17)20(22,23)24/h3-4,7-11,13,26H,1-2,5-6,12H2,(H,25,27). The minimum absolute atomic E-state index is 0.0285. The van der Waals surface area contributed by atoms with Gasteiger partial charge in [0.25, 0.3) is 5.91 Å². The summed E-state index contributed by atoms with van der Waals surface area (Å²) in [4.78, 5) is 12.0. The quantitative estimate of drug-likeness (QED) is 0.611. The lowest BCUT2D eigenvalue weighted by Crippen LogP contribution is -2.32. The Bertz CT molecular complexity index is 1050. The molecule has 2 N–H and O–H groups in total. The molecule has 1 saturated carbocycles. The van der Waals surface area contributed by atoms with Crippen molar-refractivity contribution in [1.29, 1.82) is 0 Å². The lowest BCUT2D eigenvalue weighted by molar-refractivity contribution is -0.137. The van der Waals surface area contributed by atoms with Crippen LogP contribution in [0.25, 0.3) is 0 Å². The fourth-order valence-electron chi connectivity index (χ4n) is 3.27. The molecule has 0 unspecified atom stereocenters. The maximum atomic E-state index is 13.0. The second-order valence-electron chi connectivity index (χ2n) is 7.08. The number of carbonyl (C=O) groups is 1. The number of benzene rings is 2. The molecule has 1 fully saturated rings. The molecule has 2 aromatic carbocycles. The second-order valence-corrected chi connectivity index (χ2v) is 9.20. The number of sulfonamides is 1. The van der Waals surface area contributed by atoms with Crippen LogP contribution < -0.4 is 14.8 Å². The molecular weight excluding hydrogens is 457 g/mol. The first-order chi connectivity index (χ1) is 14.6. The van der Waals surface area contributed by atoms with Crippen LogP contribution in [0.3, 0.4) is 0 Å². The highest BCUT2D eigenvalue weighted by molar-refractivity contribution is 7.89. The molecule has 3 rings (SSSR count). The van der Waals surface area contributed by atoms with Gasteiger partial charge in [0.15, 0.2) is 6.61 Å². The van der Waals surface area contributed by atoms with Gasteiger partial charge in [-0.1, -0.05) is 36.6 Å². The molecule has 0 saturated heterocycles. The molecule has 0 spiro atoms. The van der Waals surface area contributed by atoms with Crippen molar-refractivity contribution in [2.75, 3.05) is 11.9 Å². The van der Waals surface area contributed by atoms with Gasteiger partial charge in [-0.05, 0) is 43.2 Å². The fourth-order valence-corrected chi connectivity index (χ4v) is 4.90. The van der Waals surface area contributed by atoms with Gasteiger partial charge in [-0.15, -0.1) is 0 Å². The summed E-state index contributed by atoms with van der Waals surface area (Å²) in [7, 11) is -3.75. The third-order valence-electron chi connectivity index (χ3n) is 4.76. The molecule has 0 heterocycles. The monoisotopic (exact) mass is 476 g/mol. The van der Waals surface area contributed by atoms with Gasteiger partial charge in [0.2, 0.25) is 10.0 Å². The number of carbonyl (C=O) groups excluding carboxylic acids is 1. The number of alkyl halides is 3. The second kappa shape index (κ2) is 9.46. The molecule has 1 aliphatic carbocycles. The van der Waals surface area contributed by atoms with Crippen LogP contribution in [0.5, 0.6) is 5.75 Å². The average Bonchev–Trinajstić information content (AvgIpc) is 3.19. The lowest BCUT2D eigenvalue weighted by atomic mass is 10.1. The Balaban J connectivity index is 1.63. The molecule has 6 nitrogen and oxygen atoms in total. The van der Waals surface area contributed by atoms with Gasteiger partial charge in [0, 0.05) is 6.04 Å². The topological polar surface area (TPSA) is 84.5 Å². The normalized spacial score (nSPS) is 15.1. The smallest absolute Gasteiger partial charge is 0.418 e. The van der Waals surface area contributed by atoms with Crippen molar-refractivity contribution in [2.24, 2.45) is 0 Å². The van der Waals surface area contributed by atoms with E-state index >= 15 is 0 Å². The van der Waals surface area contributed by atoms with E-state index in [1.54, 1.807) is 0 Å². The van der Waals surface area contributed by atoms with Crippen molar-refractivity contribution < 1.29 is 31.1 Å². The summed E-state index contributed by atoms with van der Waals surface area (Å²) in [5.41, 5.74) is -1.38. The van der Waals surface area contributed by atoms with Gasteiger partial charge in [-0.3, -0.25) is 4.79 Å². The highest BCUT2D eigenvalue weighted by Gasteiger charge is 2.33. The molecule has 0 radical (unpaired) electrons. The van der Waals surface area contributed by atoms with Crippen LogP contribution in [0.1, 0.15) is 31.2 Å². The van der Waals surface area contributed by atoms with Gasteiger partial charge in [0.05, 0.1) is 21.2 Å². The van der Waals surface area contributed by atoms with E-state index in [0.717, 1.165) is 37.8 Å². The van der Waals surface area contributed by atoms with Crippen LogP contribution in [0.15, 0.2) is 47.4 Å². The summed E-state index contributed by atoms with van der Waals surface area (Å²) in [6.45, 7) is -0.613. The first-order valence-corrected chi connectivity index (χ1v) is 11.3. The highest BCUT2D eigenvalue weighted by atomic mass is 35.5. The largest absolute Gasteiger partial charge is 0.482 e. The van der Waals surface area contributed by atoms with E-state index in [-0.39, 0.29) is 21.7 Å². The first kappa shape index (κ1) is 23.4. The van der Waals surface area contributed by atoms with Crippen molar-refractivity contribution in [3.8, 4) is 5.75 Å². The third-order valence-corrected chi connectivity index (χ3v) is 6.57. The summed E-state index contributed by atoms with van der Waals surface area (Å²) in [6, 6.07) is 8.23. The molecular formula is C20H20ClF3N2O4S. The predicted octanol–water partition coefficient (Wildman–Crippen LogP) is 4.60. The molecule has 0 aromatic heterocycles.